The number of carbonyl (C=O) groups is 3. The second-order valence-corrected chi connectivity index (χ2v) is 8.06. The Kier molecular flexibility index (Phi) is 9.85. The summed E-state index contributed by atoms with van der Waals surface area (Å²) < 4.78 is 26.5. The van der Waals surface area contributed by atoms with Crippen molar-refractivity contribution in [2.75, 3.05) is 35.0 Å². The number of amides is 2. The predicted octanol–water partition coefficient (Wildman–Crippen LogP) is 3.13. The first-order valence-corrected chi connectivity index (χ1v) is 11.7. The van der Waals surface area contributed by atoms with E-state index in [2.05, 4.69) is 15.8 Å². The molecule has 0 fully saturated rings. The van der Waals surface area contributed by atoms with Gasteiger partial charge in [-0.15, -0.1) is 0 Å². The van der Waals surface area contributed by atoms with Crippen LogP contribution in [0.2, 0.25) is 0 Å². The second kappa shape index (κ2) is 13.5. The van der Waals surface area contributed by atoms with Gasteiger partial charge in [-0.3, -0.25) is 9.59 Å². The Morgan fingerprint density at radius 3 is 2.00 bits per heavy atom. The minimum Gasteiger partial charge on any atom is -0.493 e. The van der Waals surface area contributed by atoms with Gasteiger partial charge in [-0.1, -0.05) is 17.7 Å². The predicted molar refractivity (Wildman–Crippen MR) is 143 cm³/mol. The lowest BCUT2D eigenvalue weighted by atomic mass is 10.1. The minimum absolute atomic E-state index is 0.219. The lowest BCUT2D eigenvalue weighted by Crippen LogP contribution is -2.34. The maximum Gasteiger partial charge on any atom is 0.343 e. The average molecular weight is 536 g/mol. The Bertz CT molecular complexity index is 1340. The number of rotatable bonds is 11. The molecule has 39 heavy (non-hydrogen) atoms. The molecule has 0 aliphatic carbocycles. The van der Waals surface area contributed by atoms with Gasteiger partial charge >= 0.3 is 5.97 Å². The van der Waals surface area contributed by atoms with Crippen LogP contribution < -0.4 is 34.4 Å². The molecule has 0 heterocycles. The molecule has 2 N–H and O–H groups in total. The van der Waals surface area contributed by atoms with Crippen molar-refractivity contribution in [1.29, 1.82) is 0 Å². The summed E-state index contributed by atoms with van der Waals surface area (Å²) >= 11 is 0. The van der Waals surface area contributed by atoms with Crippen LogP contribution in [0.25, 0.3) is 0 Å². The molecule has 0 atom stereocenters. The second-order valence-electron chi connectivity index (χ2n) is 8.06. The zero-order chi connectivity index (χ0) is 28.4. The van der Waals surface area contributed by atoms with Crippen molar-refractivity contribution < 1.29 is 38.1 Å². The normalized spacial score (nSPS) is 10.5. The molecule has 0 radical (unpaired) electrons. The fraction of sp³-hybridized carbons (Fsp3) is 0.214. The van der Waals surface area contributed by atoms with Gasteiger partial charge in [0.25, 0.3) is 11.8 Å². The van der Waals surface area contributed by atoms with Gasteiger partial charge in [0, 0.05) is 5.56 Å². The largest absolute Gasteiger partial charge is 0.493 e. The number of esters is 1. The molecule has 11 heteroatoms. The molecule has 0 spiro atoms. The highest BCUT2D eigenvalue weighted by atomic mass is 16.6. The molecule has 0 bridgehead atoms. The van der Waals surface area contributed by atoms with Gasteiger partial charge in [0.1, 0.15) is 0 Å². The Balaban J connectivity index is 1.56. The number of hydrogen-bond acceptors (Lipinski definition) is 9. The summed E-state index contributed by atoms with van der Waals surface area (Å²) in [5.74, 6) is -0.0863. The molecular formula is C28H29N3O8. The molecular weight excluding hydrogens is 506 g/mol. The van der Waals surface area contributed by atoms with E-state index < -0.39 is 17.8 Å². The van der Waals surface area contributed by atoms with Crippen LogP contribution in [0.1, 0.15) is 31.8 Å². The van der Waals surface area contributed by atoms with Gasteiger partial charge in [-0.05, 0) is 55.0 Å². The van der Waals surface area contributed by atoms with Gasteiger partial charge in [0.15, 0.2) is 23.0 Å². The van der Waals surface area contributed by atoms with E-state index in [9.17, 15) is 14.4 Å². The highest BCUT2D eigenvalue weighted by molar-refractivity contribution is 5.97. The average Bonchev–Trinajstić information content (AvgIpc) is 2.95. The summed E-state index contributed by atoms with van der Waals surface area (Å²) in [6, 6.07) is 14.8. The van der Waals surface area contributed by atoms with Crippen LogP contribution in [0, 0.1) is 6.92 Å². The summed E-state index contributed by atoms with van der Waals surface area (Å²) in [6.07, 6.45) is 1.38. The molecule has 3 rings (SSSR count). The number of methoxy groups -OCH3 is 4. The van der Waals surface area contributed by atoms with Crippen molar-refractivity contribution in [1.82, 2.24) is 10.7 Å². The van der Waals surface area contributed by atoms with Crippen LogP contribution in [0.5, 0.6) is 28.7 Å². The molecule has 0 aliphatic heterocycles. The van der Waals surface area contributed by atoms with E-state index in [0.717, 1.165) is 5.56 Å². The Morgan fingerprint density at radius 2 is 1.41 bits per heavy atom. The Morgan fingerprint density at radius 1 is 0.769 bits per heavy atom. The number of carbonyl (C=O) groups excluding carboxylic acids is 3. The number of nitrogens with zero attached hydrogens (tertiary/aromatic N) is 1. The van der Waals surface area contributed by atoms with Crippen molar-refractivity contribution in [2.45, 2.75) is 6.92 Å². The molecule has 204 valence electrons. The maximum atomic E-state index is 12.5. The SMILES string of the molecule is COc1cc(/C=N\NC(=O)CNC(=O)c2cc(OC)c(OC)c(OC)c2)ccc1OC(=O)c1ccc(C)cc1. The van der Waals surface area contributed by atoms with E-state index in [1.54, 1.807) is 30.3 Å². The summed E-state index contributed by atoms with van der Waals surface area (Å²) in [4.78, 5) is 37.1. The smallest absolute Gasteiger partial charge is 0.343 e. The van der Waals surface area contributed by atoms with Crippen LogP contribution in [-0.4, -0.2) is 59.0 Å². The van der Waals surface area contributed by atoms with E-state index >= 15 is 0 Å². The van der Waals surface area contributed by atoms with E-state index in [-0.39, 0.29) is 17.9 Å². The first-order valence-electron chi connectivity index (χ1n) is 11.7. The molecule has 0 aromatic heterocycles. The fourth-order valence-electron chi connectivity index (χ4n) is 3.39. The summed E-state index contributed by atoms with van der Waals surface area (Å²) in [5.41, 5.74) is 4.56. The fourth-order valence-corrected chi connectivity index (χ4v) is 3.39. The molecule has 0 unspecified atom stereocenters. The van der Waals surface area contributed by atoms with E-state index in [4.69, 9.17) is 23.7 Å². The van der Waals surface area contributed by atoms with Crippen molar-refractivity contribution >= 4 is 24.0 Å². The lowest BCUT2D eigenvalue weighted by molar-refractivity contribution is -0.120. The van der Waals surface area contributed by atoms with Gasteiger partial charge in [0.2, 0.25) is 5.75 Å². The summed E-state index contributed by atoms with van der Waals surface area (Å²) in [6.45, 7) is 1.60. The standard InChI is InChI=1S/C28H29N3O8/c1-17-6-9-19(10-7-17)28(34)39-21-11-8-18(12-22(21)35-2)15-30-31-25(32)16-29-27(33)20-13-23(36-3)26(38-5)24(14-20)37-4/h6-15H,16H2,1-5H3,(H,29,33)(H,31,32)/b30-15-. The van der Waals surface area contributed by atoms with E-state index in [1.807, 2.05) is 19.1 Å². The highest BCUT2D eigenvalue weighted by Crippen LogP contribution is 2.38. The number of benzene rings is 3. The monoisotopic (exact) mass is 535 g/mol. The van der Waals surface area contributed by atoms with Crippen LogP contribution in [0.4, 0.5) is 0 Å². The number of aryl methyl sites for hydroxylation is 1. The Labute approximate surface area is 225 Å². The zero-order valence-electron chi connectivity index (χ0n) is 22.2. The molecule has 2 amide bonds. The van der Waals surface area contributed by atoms with Gasteiger partial charge in [-0.2, -0.15) is 5.10 Å². The van der Waals surface area contributed by atoms with Crippen molar-refractivity contribution in [3.63, 3.8) is 0 Å². The molecule has 0 saturated carbocycles. The maximum absolute atomic E-state index is 12.5. The van der Waals surface area contributed by atoms with Crippen molar-refractivity contribution in [3.05, 3.63) is 76.9 Å². The lowest BCUT2D eigenvalue weighted by Gasteiger charge is -2.14. The molecule has 3 aromatic carbocycles. The highest BCUT2D eigenvalue weighted by Gasteiger charge is 2.17. The van der Waals surface area contributed by atoms with E-state index in [0.29, 0.717) is 34.1 Å². The first-order chi connectivity index (χ1) is 18.8. The van der Waals surface area contributed by atoms with Gasteiger partial charge < -0.3 is 29.0 Å². The number of hydrazone groups is 1. The quantitative estimate of drug-likeness (QED) is 0.166. The molecule has 0 aliphatic rings. The zero-order valence-corrected chi connectivity index (χ0v) is 22.2. The van der Waals surface area contributed by atoms with E-state index in [1.165, 1.54) is 46.8 Å². The third-order valence-corrected chi connectivity index (χ3v) is 5.42. The molecule has 0 saturated heterocycles. The van der Waals surface area contributed by atoms with Crippen LogP contribution in [0.15, 0.2) is 59.7 Å². The van der Waals surface area contributed by atoms with Crippen LogP contribution in [0.3, 0.4) is 0 Å². The Hall–Kier alpha value is -5.06. The van der Waals surface area contributed by atoms with Crippen molar-refractivity contribution in [3.8, 4) is 28.7 Å². The molecule has 11 nitrogen and oxygen atoms in total. The van der Waals surface area contributed by atoms with Crippen LogP contribution in [-0.2, 0) is 4.79 Å². The number of ether oxygens (including phenoxy) is 5. The van der Waals surface area contributed by atoms with Crippen LogP contribution >= 0.6 is 0 Å². The van der Waals surface area contributed by atoms with Gasteiger partial charge in [0.05, 0.1) is 46.8 Å². The van der Waals surface area contributed by atoms with Gasteiger partial charge in [-0.25, -0.2) is 10.2 Å². The first kappa shape index (κ1) is 28.5. The van der Waals surface area contributed by atoms with Crippen molar-refractivity contribution in [2.24, 2.45) is 5.10 Å². The third kappa shape index (κ3) is 7.48. The summed E-state index contributed by atoms with van der Waals surface area (Å²) in [5, 5.41) is 6.40. The molecule has 3 aromatic rings. The third-order valence-electron chi connectivity index (χ3n) is 5.42. The minimum atomic E-state index is -0.553. The number of hydrogen-bond donors (Lipinski definition) is 2. The summed E-state index contributed by atoms with van der Waals surface area (Å²) in [7, 11) is 5.77. The number of nitrogens with one attached hydrogen (secondary N) is 2. The topological polar surface area (TPSA) is 134 Å².